The van der Waals surface area contributed by atoms with Crippen LogP contribution in [0.3, 0.4) is 0 Å². The van der Waals surface area contributed by atoms with Gasteiger partial charge in [-0.2, -0.15) is 0 Å². The van der Waals surface area contributed by atoms with E-state index in [1.54, 1.807) is 57.2 Å². The topological polar surface area (TPSA) is 151 Å². The van der Waals surface area contributed by atoms with Gasteiger partial charge in [-0.1, -0.05) is 49.4 Å². The van der Waals surface area contributed by atoms with E-state index in [0.29, 0.717) is 12.0 Å². The number of aliphatic carboxylic acids is 1. The van der Waals surface area contributed by atoms with E-state index in [1.807, 2.05) is 6.07 Å². The molecule has 4 amide bonds. The monoisotopic (exact) mass is 607 g/mol. The van der Waals surface area contributed by atoms with Crippen molar-refractivity contribution < 1.29 is 43.3 Å². The number of amides is 4. The molecule has 2 aromatic rings. The molecule has 3 unspecified atom stereocenters. The van der Waals surface area contributed by atoms with Gasteiger partial charge in [0, 0.05) is 19.4 Å². The molecule has 0 aromatic heterocycles. The third-order valence-corrected chi connectivity index (χ3v) is 7.45. The van der Waals surface area contributed by atoms with Gasteiger partial charge in [0.05, 0.1) is 17.2 Å². The number of imide groups is 1. The Balaban J connectivity index is 1.66. The minimum absolute atomic E-state index is 0.0566. The van der Waals surface area contributed by atoms with Crippen molar-refractivity contribution in [1.82, 2.24) is 14.9 Å². The summed E-state index contributed by atoms with van der Waals surface area (Å²) in [6, 6.07) is 12.7. The zero-order valence-electron chi connectivity index (χ0n) is 25.2. The molecule has 2 aromatic carbocycles. The van der Waals surface area contributed by atoms with Crippen LogP contribution in [0.5, 0.6) is 0 Å². The maximum atomic E-state index is 14.2. The first-order valence-corrected chi connectivity index (χ1v) is 14.5. The molecule has 0 aliphatic carbocycles. The summed E-state index contributed by atoms with van der Waals surface area (Å²) in [5.41, 5.74) is 0.120. The Morgan fingerprint density at radius 1 is 0.932 bits per heavy atom. The molecule has 12 heteroatoms. The van der Waals surface area contributed by atoms with Crippen LogP contribution in [0, 0.1) is 5.92 Å². The lowest BCUT2D eigenvalue weighted by Crippen LogP contribution is -2.62. The first-order valence-electron chi connectivity index (χ1n) is 14.5. The van der Waals surface area contributed by atoms with Crippen molar-refractivity contribution in [2.45, 2.75) is 77.7 Å². The lowest BCUT2D eigenvalue weighted by Gasteiger charge is -2.43. The van der Waals surface area contributed by atoms with Crippen LogP contribution in [-0.4, -0.2) is 80.0 Å². The summed E-state index contributed by atoms with van der Waals surface area (Å²) in [6.07, 6.45) is -1.30. The molecule has 2 heterocycles. The highest BCUT2D eigenvalue weighted by Gasteiger charge is 2.47. The number of fused-ring (bicyclic) bond motifs is 1. The zero-order chi connectivity index (χ0) is 32.2. The molecule has 2 aliphatic heterocycles. The normalized spacial score (nSPS) is 18.0. The maximum absolute atomic E-state index is 14.2. The summed E-state index contributed by atoms with van der Waals surface area (Å²) in [4.78, 5) is 80.3. The number of ether oxygens (including phenoxy) is 2. The predicted molar refractivity (Wildman–Crippen MR) is 156 cm³/mol. The summed E-state index contributed by atoms with van der Waals surface area (Å²) in [6.45, 7) is 6.54. The van der Waals surface area contributed by atoms with Crippen molar-refractivity contribution in [3.63, 3.8) is 0 Å². The fourth-order valence-electron chi connectivity index (χ4n) is 5.44. The molecule has 0 radical (unpaired) electrons. The summed E-state index contributed by atoms with van der Waals surface area (Å²) in [7, 11) is 0. The van der Waals surface area contributed by atoms with Gasteiger partial charge in [0.15, 0.2) is 6.04 Å². The van der Waals surface area contributed by atoms with Gasteiger partial charge in [-0.3, -0.25) is 24.1 Å². The van der Waals surface area contributed by atoms with Crippen molar-refractivity contribution >= 4 is 35.8 Å². The lowest BCUT2D eigenvalue weighted by atomic mass is 9.93. The highest BCUT2D eigenvalue weighted by Crippen LogP contribution is 2.32. The second-order valence-corrected chi connectivity index (χ2v) is 12.0. The van der Waals surface area contributed by atoms with Crippen molar-refractivity contribution in [2.24, 2.45) is 5.92 Å². The smallest absolute Gasteiger partial charge is 0.429 e. The SMILES string of the molecule is CC(CC(=O)O)C(CC(=O)N1C(C(=O)OC(C)(C)C)CCCN1C(=O)OCc1ccccc1)N1C(=O)c2ccccc2C1=O. The lowest BCUT2D eigenvalue weighted by molar-refractivity contribution is -0.181. The average Bonchev–Trinajstić information content (AvgIpc) is 3.22. The summed E-state index contributed by atoms with van der Waals surface area (Å²) in [5, 5.41) is 11.6. The first-order chi connectivity index (χ1) is 20.8. The number of esters is 1. The van der Waals surface area contributed by atoms with E-state index in [9.17, 15) is 33.9 Å². The standard InChI is InChI=1S/C32H37N3O9/c1-20(17-27(37)38)25(34-28(39)22-13-8-9-14-23(22)29(34)40)18-26(36)35-24(30(41)44-32(2,3)4)15-10-16-33(35)31(42)43-19-21-11-6-5-7-12-21/h5-9,11-14,20,24-25H,10,15-19H2,1-4H3,(H,37,38). The van der Waals surface area contributed by atoms with Crippen LogP contribution in [0.25, 0.3) is 0 Å². The molecule has 12 nitrogen and oxygen atoms in total. The van der Waals surface area contributed by atoms with Gasteiger partial charge in [-0.05, 0) is 57.2 Å². The number of hydrogen-bond donors (Lipinski definition) is 1. The number of hydrazine groups is 1. The number of carbonyl (C=O) groups excluding carboxylic acids is 5. The van der Waals surface area contributed by atoms with Gasteiger partial charge in [0.1, 0.15) is 12.2 Å². The van der Waals surface area contributed by atoms with E-state index in [0.717, 1.165) is 14.9 Å². The molecule has 4 rings (SSSR count). The number of benzene rings is 2. The van der Waals surface area contributed by atoms with Gasteiger partial charge in [-0.25, -0.2) is 19.6 Å². The molecule has 1 fully saturated rings. The molecule has 0 bridgehead atoms. The Morgan fingerprint density at radius 2 is 1.52 bits per heavy atom. The fraction of sp³-hybridized carbons (Fsp3) is 0.438. The van der Waals surface area contributed by atoms with Gasteiger partial charge in [0.2, 0.25) is 5.91 Å². The van der Waals surface area contributed by atoms with Gasteiger partial charge < -0.3 is 14.6 Å². The molecular formula is C32H37N3O9. The Bertz CT molecular complexity index is 1400. The van der Waals surface area contributed by atoms with E-state index < -0.39 is 72.2 Å². The zero-order valence-corrected chi connectivity index (χ0v) is 25.2. The summed E-state index contributed by atoms with van der Waals surface area (Å²) >= 11 is 0. The van der Waals surface area contributed by atoms with Crippen LogP contribution in [0.4, 0.5) is 4.79 Å². The van der Waals surface area contributed by atoms with Crippen LogP contribution in [-0.2, 0) is 30.5 Å². The first kappa shape index (κ1) is 32.2. The summed E-state index contributed by atoms with van der Waals surface area (Å²) in [5.74, 6) is -4.83. The van der Waals surface area contributed by atoms with Crippen LogP contribution in [0.2, 0.25) is 0 Å². The molecule has 1 saturated heterocycles. The minimum Gasteiger partial charge on any atom is -0.481 e. The number of nitrogens with zero attached hydrogens (tertiary/aromatic N) is 3. The van der Waals surface area contributed by atoms with E-state index in [1.165, 1.54) is 19.1 Å². The molecule has 0 saturated carbocycles. The average molecular weight is 608 g/mol. The van der Waals surface area contributed by atoms with E-state index in [2.05, 4.69) is 0 Å². The number of carboxylic acid groups (broad SMARTS) is 1. The molecule has 3 atom stereocenters. The Morgan fingerprint density at radius 3 is 2.09 bits per heavy atom. The predicted octanol–water partition coefficient (Wildman–Crippen LogP) is 4.04. The second-order valence-electron chi connectivity index (χ2n) is 12.0. The Hall–Kier alpha value is -4.74. The van der Waals surface area contributed by atoms with Crippen LogP contribution in [0.1, 0.15) is 79.7 Å². The highest BCUT2D eigenvalue weighted by molar-refractivity contribution is 6.21. The van der Waals surface area contributed by atoms with E-state index in [-0.39, 0.29) is 30.7 Å². The Labute approximate surface area is 255 Å². The molecule has 1 N–H and O–H groups in total. The largest absolute Gasteiger partial charge is 0.481 e. The van der Waals surface area contributed by atoms with Crippen molar-refractivity contribution in [3.8, 4) is 0 Å². The molecular weight excluding hydrogens is 570 g/mol. The molecule has 234 valence electrons. The number of carbonyl (C=O) groups is 6. The van der Waals surface area contributed by atoms with Gasteiger partial charge >= 0.3 is 18.0 Å². The van der Waals surface area contributed by atoms with Crippen LogP contribution >= 0.6 is 0 Å². The van der Waals surface area contributed by atoms with Gasteiger partial charge in [0.25, 0.3) is 11.8 Å². The van der Waals surface area contributed by atoms with Gasteiger partial charge in [-0.15, -0.1) is 0 Å². The number of hydrogen-bond acceptors (Lipinski definition) is 8. The third kappa shape index (κ3) is 7.24. The second kappa shape index (κ2) is 13.3. The maximum Gasteiger partial charge on any atom is 0.429 e. The van der Waals surface area contributed by atoms with Crippen LogP contribution in [0.15, 0.2) is 54.6 Å². The van der Waals surface area contributed by atoms with Crippen molar-refractivity contribution in [3.05, 3.63) is 71.3 Å². The minimum atomic E-state index is -1.20. The Kier molecular flexibility index (Phi) is 9.71. The van der Waals surface area contributed by atoms with E-state index in [4.69, 9.17) is 9.47 Å². The van der Waals surface area contributed by atoms with Crippen LogP contribution < -0.4 is 0 Å². The molecule has 44 heavy (non-hydrogen) atoms. The molecule has 0 spiro atoms. The fourth-order valence-corrected chi connectivity index (χ4v) is 5.44. The number of rotatable bonds is 9. The number of carboxylic acids is 1. The molecule has 2 aliphatic rings. The quantitative estimate of drug-likeness (QED) is 0.329. The third-order valence-electron chi connectivity index (χ3n) is 7.45. The van der Waals surface area contributed by atoms with Crippen molar-refractivity contribution in [2.75, 3.05) is 6.54 Å². The summed E-state index contributed by atoms with van der Waals surface area (Å²) < 4.78 is 11.1. The van der Waals surface area contributed by atoms with Crippen molar-refractivity contribution in [1.29, 1.82) is 0 Å². The highest BCUT2D eigenvalue weighted by atomic mass is 16.6. The van der Waals surface area contributed by atoms with E-state index >= 15 is 0 Å².